The molecule has 0 aliphatic rings. The van der Waals surface area contributed by atoms with Crippen LogP contribution < -0.4 is 5.73 Å². The molecule has 0 aliphatic heterocycles. The summed E-state index contributed by atoms with van der Waals surface area (Å²) >= 11 is 5.64. The maximum Gasteiger partial charge on any atom is 0.175 e. The van der Waals surface area contributed by atoms with Gasteiger partial charge in [-0.1, -0.05) is 11.6 Å². The smallest absolute Gasteiger partial charge is 0.175 e. The first-order valence-electron chi connectivity index (χ1n) is 3.26. The number of nitrogen functional groups attached to an aromatic ring is 1. The highest BCUT2D eigenvalue weighted by Crippen LogP contribution is 2.27. The van der Waals surface area contributed by atoms with Crippen LogP contribution in [0.2, 0.25) is 5.02 Å². The lowest BCUT2D eigenvalue weighted by molar-refractivity contribution is 0.642. The number of aromatic nitrogens is 2. The number of nitrogens with two attached hydrogens (primary N) is 1. The van der Waals surface area contributed by atoms with Gasteiger partial charge in [-0.05, 0) is 6.07 Å². The zero-order valence-electron chi connectivity index (χ0n) is 5.94. The van der Waals surface area contributed by atoms with Crippen LogP contribution in [0.25, 0.3) is 11.0 Å². The zero-order valence-corrected chi connectivity index (χ0v) is 6.69. The van der Waals surface area contributed by atoms with Crippen molar-refractivity contribution in [3.63, 3.8) is 0 Å². The highest BCUT2D eigenvalue weighted by molar-refractivity contribution is 6.33. The van der Waals surface area contributed by atoms with Gasteiger partial charge in [0.25, 0.3) is 0 Å². The number of benzene rings is 1. The van der Waals surface area contributed by atoms with Crippen molar-refractivity contribution in [1.29, 1.82) is 0 Å². The summed E-state index contributed by atoms with van der Waals surface area (Å²) in [5.74, 6) is -0.571. The summed E-state index contributed by atoms with van der Waals surface area (Å²) < 4.78 is 13.2. The number of rotatable bonds is 0. The molecule has 1 aromatic carbocycles. The standard InChI is InChI=1S/C7H5ClFN3/c8-3-1-4-7(12-2-11-4)5(9)6(3)10/h1-2H,10H2,(H,11,12). The number of nitrogens with zero attached hydrogens (tertiary/aromatic N) is 1. The average molecular weight is 186 g/mol. The van der Waals surface area contributed by atoms with E-state index in [4.69, 9.17) is 17.3 Å². The summed E-state index contributed by atoms with van der Waals surface area (Å²) in [6.45, 7) is 0. The Hall–Kier alpha value is -1.29. The Morgan fingerprint density at radius 1 is 1.58 bits per heavy atom. The largest absolute Gasteiger partial charge is 0.395 e. The van der Waals surface area contributed by atoms with E-state index in [0.717, 1.165) is 0 Å². The summed E-state index contributed by atoms with van der Waals surface area (Å²) in [6.07, 6.45) is 1.39. The molecule has 2 rings (SSSR count). The summed E-state index contributed by atoms with van der Waals surface area (Å²) in [5.41, 5.74) is 6.05. The molecule has 0 fully saturated rings. The van der Waals surface area contributed by atoms with Crippen molar-refractivity contribution < 1.29 is 4.39 Å². The topological polar surface area (TPSA) is 54.7 Å². The van der Waals surface area contributed by atoms with Crippen LogP contribution in [0.15, 0.2) is 12.4 Å². The van der Waals surface area contributed by atoms with Crippen molar-refractivity contribution in [1.82, 2.24) is 9.97 Å². The lowest BCUT2D eigenvalue weighted by atomic mass is 10.2. The predicted octanol–water partition coefficient (Wildman–Crippen LogP) is 1.94. The number of nitrogens with one attached hydrogen (secondary N) is 1. The third-order valence-electron chi connectivity index (χ3n) is 1.64. The van der Waals surface area contributed by atoms with Gasteiger partial charge in [0.1, 0.15) is 5.52 Å². The van der Waals surface area contributed by atoms with E-state index in [0.29, 0.717) is 5.52 Å². The maximum absolute atomic E-state index is 13.2. The summed E-state index contributed by atoms with van der Waals surface area (Å²) in [6, 6.07) is 1.54. The molecule has 0 spiro atoms. The predicted molar refractivity (Wildman–Crippen MR) is 45.5 cm³/mol. The molecule has 3 nitrogen and oxygen atoms in total. The minimum absolute atomic E-state index is 0.0590. The fraction of sp³-hybridized carbons (Fsp3) is 0. The fourth-order valence-corrected chi connectivity index (χ4v) is 1.22. The van der Waals surface area contributed by atoms with Crippen molar-refractivity contribution in [2.45, 2.75) is 0 Å². The van der Waals surface area contributed by atoms with E-state index in [-0.39, 0.29) is 16.2 Å². The van der Waals surface area contributed by atoms with Crippen molar-refractivity contribution in [2.24, 2.45) is 0 Å². The van der Waals surface area contributed by atoms with Crippen molar-refractivity contribution in [2.75, 3.05) is 5.73 Å². The van der Waals surface area contributed by atoms with Crippen LogP contribution in [-0.4, -0.2) is 9.97 Å². The second-order valence-electron chi connectivity index (χ2n) is 2.38. The molecular weight excluding hydrogens is 181 g/mol. The first-order valence-corrected chi connectivity index (χ1v) is 3.64. The Kier molecular flexibility index (Phi) is 1.44. The number of fused-ring (bicyclic) bond motifs is 1. The third-order valence-corrected chi connectivity index (χ3v) is 1.95. The van der Waals surface area contributed by atoms with Gasteiger partial charge < -0.3 is 10.7 Å². The minimum atomic E-state index is -0.571. The number of aromatic amines is 1. The summed E-state index contributed by atoms with van der Waals surface area (Å²) in [7, 11) is 0. The highest BCUT2D eigenvalue weighted by Gasteiger charge is 2.10. The van der Waals surface area contributed by atoms with E-state index >= 15 is 0 Å². The second kappa shape index (κ2) is 2.35. The maximum atomic E-state index is 13.2. The molecule has 0 amide bonds. The molecule has 0 saturated carbocycles. The molecule has 2 aromatic rings. The SMILES string of the molecule is Nc1c(Cl)cc2[nH]cnc2c1F. The average Bonchev–Trinajstić information content (AvgIpc) is 2.48. The second-order valence-corrected chi connectivity index (χ2v) is 2.79. The summed E-state index contributed by atoms with van der Waals surface area (Å²) in [5, 5.41) is 0.198. The molecule has 5 heteroatoms. The molecular formula is C7H5ClFN3. The molecule has 0 saturated heterocycles. The number of H-pyrrole nitrogens is 1. The van der Waals surface area contributed by atoms with Crippen LogP contribution in [0.5, 0.6) is 0 Å². The number of hydrogen-bond donors (Lipinski definition) is 2. The quantitative estimate of drug-likeness (QED) is 0.617. The number of anilines is 1. The van der Waals surface area contributed by atoms with Gasteiger partial charge in [-0.2, -0.15) is 0 Å². The first kappa shape index (κ1) is 7.36. The molecule has 0 radical (unpaired) electrons. The van der Waals surface area contributed by atoms with E-state index in [1.165, 1.54) is 6.33 Å². The normalized spacial score (nSPS) is 10.8. The first-order chi connectivity index (χ1) is 5.70. The van der Waals surface area contributed by atoms with Crippen molar-refractivity contribution in [3.8, 4) is 0 Å². The fourth-order valence-electron chi connectivity index (χ4n) is 1.03. The van der Waals surface area contributed by atoms with Gasteiger partial charge in [0.2, 0.25) is 0 Å². The van der Waals surface area contributed by atoms with Crippen LogP contribution in [-0.2, 0) is 0 Å². The molecule has 0 bridgehead atoms. The third kappa shape index (κ3) is 0.848. The van der Waals surface area contributed by atoms with E-state index < -0.39 is 5.82 Å². The van der Waals surface area contributed by atoms with E-state index in [2.05, 4.69) is 9.97 Å². The van der Waals surface area contributed by atoms with Crippen molar-refractivity contribution >= 4 is 28.3 Å². The molecule has 62 valence electrons. The van der Waals surface area contributed by atoms with Crippen LogP contribution in [0.1, 0.15) is 0 Å². The number of halogens is 2. The van der Waals surface area contributed by atoms with Crippen LogP contribution in [0.3, 0.4) is 0 Å². The van der Waals surface area contributed by atoms with Gasteiger partial charge in [-0.25, -0.2) is 9.37 Å². The summed E-state index contributed by atoms with van der Waals surface area (Å²) in [4.78, 5) is 6.49. The lowest BCUT2D eigenvalue weighted by Crippen LogP contribution is -1.92. The molecule has 1 heterocycles. The number of hydrogen-bond acceptors (Lipinski definition) is 2. The molecule has 3 N–H and O–H groups in total. The molecule has 0 aliphatic carbocycles. The minimum Gasteiger partial charge on any atom is -0.395 e. The van der Waals surface area contributed by atoms with Crippen LogP contribution >= 0.6 is 11.6 Å². The number of imidazole rings is 1. The van der Waals surface area contributed by atoms with E-state index in [1.807, 2.05) is 0 Å². The van der Waals surface area contributed by atoms with Crippen LogP contribution in [0.4, 0.5) is 10.1 Å². The van der Waals surface area contributed by atoms with Gasteiger partial charge >= 0.3 is 0 Å². The Morgan fingerprint density at radius 2 is 2.33 bits per heavy atom. The van der Waals surface area contributed by atoms with E-state index in [9.17, 15) is 4.39 Å². The highest BCUT2D eigenvalue weighted by atomic mass is 35.5. The van der Waals surface area contributed by atoms with Gasteiger partial charge in [-0.15, -0.1) is 0 Å². The van der Waals surface area contributed by atoms with Crippen LogP contribution in [0, 0.1) is 5.82 Å². The zero-order chi connectivity index (χ0) is 8.72. The Labute approximate surface area is 72.4 Å². The Bertz CT molecular complexity index is 437. The monoisotopic (exact) mass is 185 g/mol. The van der Waals surface area contributed by atoms with Crippen molar-refractivity contribution in [3.05, 3.63) is 23.2 Å². The molecule has 0 atom stereocenters. The molecule has 12 heavy (non-hydrogen) atoms. The lowest BCUT2D eigenvalue weighted by Gasteiger charge is -1.98. The van der Waals surface area contributed by atoms with Gasteiger partial charge in [0, 0.05) is 0 Å². The van der Waals surface area contributed by atoms with Gasteiger partial charge in [0.15, 0.2) is 5.82 Å². The molecule has 1 aromatic heterocycles. The Morgan fingerprint density at radius 3 is 3.08 bits per heavy atom. The van der Waals surface area contributed by atoms with Gasteiger partial charge in [-0.3, -0.25) is 0 Å². The van der Waals surface area contributed by atoms with E-state index in [1.54, 1.807) is 6.07 Å². The Balaban J connectivity index is 2.94. The molecule has 0 unspecified atom stereocenters. The van der Waals surface area contributed by atoms with Gasteiger partial charge in [0.05, 0.1) is 22.6 Å².